The first-order valence-corrected chi connectivity index (χ1v) is 10.3. The average molecular weight is 389 g/mol. The van der Waals surface area contributed by atoms with Crippen LogP contribution in [-0.2, 0) is 11.2 Å². The Morgan fingerprint density at radius 2 is 1.62 bits per heavy atom. The lowest BCUT2D eigenvalue weighted by Crippen LogP contribution is -2.33. The third kappa shape index (κ3) is 4.76. The molecule has 3 heteroatoms. The van der Waals surface area contributed by atoms with Gasteiger partial charge < -0.3 is 14.9 Å². The topological polar surface area (TPSA) is 49.7 Å². The normalized spacial score (nSPS) is 21.8. The molecule has 1 heterocycles. The molecule has 1 aliphatic heterocycles. The van der Waals surface area contributed by atoms with E-state index >= 15 is 0 Å². The summed E-state index contributed by atoms with van der Waals surface area (Å²) >= 11 is 0. The summed E-state index contributed by atoms with van der Waals surface area (Å²) in [5.41, 5.74) is 7.30. The van der Waals surface area contributed by atoms with Gasteiger partial charge in [0, 0.05) is 12.8 Å². The minimum atomic E-state index is -0.429. The van der Waals surface area contributed by atoms with Crippen molar-refractivity contribution in [2.75, 3.05) is 6.61 Å². The van der Waals surface area contributed by atoms with Gasteiger partial charge in [-0.25, -0.2) is 0 Å². The quantitative estimate of drug-likeness (QED) is 0.658. The van der Waals surface area contributed by atoms with E-state index in [9.17, 15) is 10.2 Å². The molecule has 3 unspecified atom stereocenters. The Kier molecular flexibility index (Phi) is 6.10. The van der Waals surface area contributed by atoms with Crippen LogP contribution in [0.3, 0.4) is 0 Å². The van der Waals surface area contributed by atoms with Crippen LogP contribution in [0, 0.1) is 6.92 Å². The standard InChI is InChI=1S/C26H28O3/c1-18-7-10-22(26-16-24(28)15-25(17-27)29-26)14-23(18)13-19-8-11-21(12-9-19)20-5-3-2-4-6-20/h2-12,14,24-28H,13,15-17H2,1H3. The van der Waals surface area contributed by atoms with Crippen LogP contribution in [0.25, 0.3) is 11.1 Å². The number of aliphatic hydroxyl groups excluding tert-OH is 2. The second-order valence-electron chi connectivity index (χ2n) is 7.98. The monoisotopic (exact) mass is 388 g/mol. The highest BCUT2D eigenvalue weighted by atomic mass is 16.5. The van der Waals surface area contributed by atoms with Crippen LogP contribution in [0.5, 0.6) is 0 Å². The Morgan fingerprint density at radius 1 is 0.897 bits per heavy atom. The van der Waals surface area contributed by atoms with Gasteiger partial charge in [0.15, 0.2) is 0 Å². The lowest BCUT2D eigenvalue weighted by molar-refractivity contribution is -0.113. The Bertz CT molecular complexity index is 934. The number of benzene rings is 3. The number of hydrogen-bond donors (Lipinski definition) is 2. The SMILES string of the molecule is Cc1ccc(C2CC(O)CC(CO)O2)cc1Cc1ccc(-c2ccccc2)cc1. The van der Waals surface area contributed by atoms with E-state index in [1.165, 1.54) is 27.8 Å². The van der Waals surface area contributed by atoms with Crippen LogP contribution in [0.1, 0.15) is 41.2 Å². The van der Waals surface area contributed by atoms with Gasteiger partial charge in [0.2, 0.25) is 0 Å². The molecule has 0 radical (unpaired) electrons. The maximum Gasteiger partial charge on any atom is 0.0854 e. The zero-order chi connectivity index (χ0) is 20.2. The van der Waals surface area contributed by atoms with Crippen LogP contribution in [0.4, 0.5) is 0 Å². The summed E-state index contributed by atoms with van der Waals surface area (Å²) in [5.74, 6) is 0. The summed E-state index contributed by atoms with van der Waals surface area (Å²) in [6, 6.07) is 25.5. The second kappa shape index (κ2) is 8.91. The van der Waals surface area contributed by atoms with E-state index in [1.54, 1.807) is 0 Å². The number of ether oxygens (including phenoxy) is 1. The molecule has 1 saturated heterocycles. The maximum absolute atomic E-state index is 10.1. The highest BCUT2D eigenvalue weighted by molar-refractivity contribution is 5.63. The number of rotatable bonds is 5. The molecule has 0 spiro atoms. The molecule has 3 aromatic carbocycles. The summed E-state index contributed by atoms with van der Waals surface area (Å²) < 4.78 is 5.99. The molecule has 1 aliphatic rings. The number of aliphatic hydroxyl groups is 2. The third-order valence-electron chi connectivity index (χ3n) is 5.78. The van der Waals surface area contributed by atoms with Gasteiger partial charge in [-0.2, -0.15) is 0 Å². The van der Waals surface area contributed by atoms with Gasteiger partial charge in [-0.3, -0.25) is 0 Å². The summed E-state index contributed by atoms with van der Waals surface area (Å²) in [7, 11) is 0. The van der Waals surface area contributed by atoms with Crippen molar-refractivity contribution < 1.29 is 14.9 Å². The van der Waals surface area contributed by atoms with Crippen LogP contribution in [0.15, 0.2) is 72.8 Å². The number of aryl methyl sites for hydroxylation is 1. The van der Waals surface area contributed by atoms with Crippen LogP contribution in [0.2, 0.25) is 0 Å². The van der Waals surface area contributed by atoms with Crippen molar-refractivity contribution in [1.29, 1.82) is 0 Å². The molecule has 150 valence electrons. The average Bonchev–Trinajstić information content (AvgIpc) is 2.76. The molecule has 3 aromatic rings. The van der Waals surface area contributed by atoms with Crippen molar-refractivity contribution in [2.45, 2.75) is 44.5 Å². The van der Waals surface area contributed by atoms with Gasteiger partial charge in [-0.15, -0.1) is 0 Å². The fraction of sp³-hybridized carbons (Fsp3) is 0.308. The first-order valence-electron chi connectivity index (χ1n) is 10.3. The van der Waals surface area contributed by atoms with Crippen LogP contribution >= 0.6 is 0 Å². The minimum absolute atomic E-state index is 0.0555. The van der Waals surface area contributed by atoms with Crippen molar-refractivity contribution >= 4 is 0 Å². The van der Waals surface area contributed by atoms with Gasteiger partial charge in [0.1, 0.15) is 0 Å². The molecular formula is C26H28O3. The lowest BCUT2D eigenvalue weighted by Gasteiger charge is -2.32. The second-order valence-corrected chi connectivity index (χ2v) is 7.98. The Morgan fingerprint density at radius 3 is 2.34 bits per heavy atom. The summed E-state index contributed by atoms with van der Waals surface area (Å²) in [6.45, 7) is 2.07. The predicted octanol–water partition coefficient (Wildman–Crippen LogP) is 4.83. The van der Waals surface area contributed by atoms with E-state index in [2.05, 4.69) is 73.7 Å². The Labute approximate surface area is 172 Å². The molecule has 2 N–H and O–H groups in total. The molecule has 0 aliphatic carbocycles. The Balaban J connectivity index is 1.52. The number of hydrogen-bond acceptors (Lipinski definition) is 3. The summed E-state index contributed by atoms with van der Waals surface area (Å²) in [6.07, 6.45) is 1.04. The molecule has 3 atom stereocenters. The molecule has 0 bridgehead atoms. The van der Waals surface area contributed by atoms with E-state index < -0.39 is 6.10 Å². The first kappa shape index (κ1) is 19.8. The molecule has 1 fully saturated rings. The molecule has 3 nitrogen and oxygen atoms in total. The van der Waals surface area contributed by atoms with Crippen molar-refractivity contribution in [3.8, 4) is 11.1 Å². The molecular weight excluding hydrogens is 360 g/mol. The van der Waals surface area contributed by atoms with Crippen molar-refractivity contribution in [2.24, 2.45) is 0 Å². The van der Waals surface area contributed by atoms with E-state index in [1.807, 2.05) is 6.07 Å². The molecule has 4 rings (SSSR count). The summed E-state index contributed by atoms with van der Waals surface area (Å²) in [5, 5.41) is 19.6. The zero-order valence-corrected chi connectivity index (χ0v) is 16.8. The highest BCUT2D eigenvalue weighted by Gasteiger charge is 2.29. The van der Waals surface area contributed by atoms with Crippen molar-refractivity contribution in [1.82, 2.24) is 0 Å². The predicted molar refractivity (Wildman–Crippen MR) is 116 cm³/mol. The van der Waals surface area contributed by atoms with E-state index in [0.717, 1.165) is 12.0 Å². The molecule has 29 heavy (non-hydrogen) atoms. The van der Waals surface area contributed by atoms with E-state index in [4.69, 9.17) is 4.74 Å². The zero-order valence-electron chi connectivity index (χ0n) is 16.8. The van der Waals surface area contributed by atoms with Crippen LogP contribution < -0.4 is 0 Å². The highest BCUT2D eigenvalue weighted by Crippen LogP contribution is 2.33. The van der Waals surface area contributed by atoms with Gasteiger partial charge in [-0.1, -0.05) is 72.8 Å². The van der Waals surface area contributed by atoms with Gasteiger partial charge >= 0.3 is 0 Å². The van der Waals surface area contributed by atoms with Gasteiger partial charge in [-0.05, 0) is 46.7 Å². The molecule has 0 saturated carbocycles. The largest absolute Gasteiger partial charge is 0.394 e. The minimum Gasteiger partial charge on any atom is -0.394 e. The summed E-state index contributed by atoms with van der Waals surface area (Å²) in [4.78, 5) is 0. The molecule has 0 amide bonds. The van der Waals surface area contributed by atoms with Crippen molar-refractivity contribution in [3.05, 3.63) is 95.1 Å². The van der Waals surface area contributed by atoms with Crippen molar-refractivity contribution in [3.63, 3.8) is 0 Å². The maximum atomic E-state index is 10.1. The fourth-order valence-corrected chi connectivity index (χ4v) is 4.07. The van der Waals surface area contributed by atoms with Gasteiger partial charge in [0.25, 0.3) is 0 Å². The smallest absolute Gasteiger partial charge is 0.0854 e. The molecule has 0 aromatic heterocycles. The third-order valence-corrected chi connectivity index (χ3v) is 5.78. The van der Waals surface area contributed by atoms with Gasteiger partial charge in [0.05, 0.1) is 24.9 Å². The van der Waals surface area contributed by atoms with Crippen LogP contribution in [-0.4, -0.2) is 29.0 Å². The fourth-order valence-electron chi connectivity index (χ4n) is 4.07. The first-order chi connectivity index (χ1) is 14.1. The Hall–Kier alpha value is -2.46. The van der Waals surface area contributed by atoms with E-state index in [-0.39, 0.29) is 18.8 Å². The van der Waals surface area contributed by atoms with E-state index in [0.29, 0.717) is 12.8 Å². The lowest BCUT2D eigenvalue weighted by atomic mass is 9.92.